The van der Waals surface area contributed by atoms with Gasteiger partial charge in [0.05, 0.1) is 13.1 Å². The van der Waals surface area contributed by atoms with Gasteiger partial charge in [0.2, 0.25) is 0 Å². The van der Waals surface area contributed by atoms with Gasteiger partial charge in [-0.25, -0.2) is 0 Å². The van der Waals surface area contributed by atoms with Crippen molar-refractivity contribution in [1.82, 2.24) is 10.6 Å². The number of nitrogens with zero attached hydrogens (tertiary/aromatic N) is 2. The van der Waals surface area contributed by atoms with Crippen molar-refractivity contribution in [3.63, 3.8) is 0 Å². The molecule has 0 atom stereocenters. The fourth-order valence-corrected chi connectivity index (χ4v) is 2.82. The quantitative estimate of drug-likeness (QED) is 0.910. The molecule has 0 aliphatic carbocycles. The molecule has 2 aromatic carbocycles. The topological polar surface area (TPSA) is 48.8 Å². The average molecular weight is 327 g/mol. The molecule has 0 unspecified atom stereocenters. The Labute approximate surface area is 142 Å². The first kappa shape index (κ1) is 15.6. The second-order valence-electron chi connectivity index (χ2n) is 5.47. The summed E-state index contributed by atoms with van der Waals surface area (Å²) >= 11 is 0. The SMILES string of the molecule is Cl.c1cc(-c2ccc(C3=NCCN3)cc2)ccc1C1=NCCN1. The van der Waals surface area contributed by atoms with E-state index < -0.39 is 0 Å². The molecular weight excluding hydrogens is 308 g/mol. The van der Waals surface area contributed by atoms with E-state index in [-0.39, 0.29) is 12.4 Å². The van der Waals surface area contributed by atoms with Crippen molar-refractivity contribution in [3.8, 4) is 11.1 Å². The minimum atomic E-state index is 0. The van der Waals surface area contributed by atoms with Gasteiger partial charge in [0.15, 0.2) is 0 Å². The molecule has 2 N–H and O–H groups in total. The van der Waals surface area contributed by atoms with Gasteiger partial charge in [0, 0.05) is 24.2 Å². The molecule has 2 aliphatic heterocycles. The number of nitrogens with one attached hydrogen (secondary N) is 2. The molecular formula is C18H19ClN4. The maximum atomic E-state index is 4.45. The molecule has 5 heteroatoms. The van der Waals surface area contributed by atoms with Gasteiger partial charge in [-0.3, -0.25) is 9.98 Å². The number of benzene rings is 2. The summed E-state index contributed by atoms with van der Waals surface area (Å²) in [5, 5.41) is 6.60. The van der Waals surface area contributed by atoms with Crippen LogP contribution in [0.5, 0.6) is 0 Å². The molecule has 0 radical (unpaired) electrons. The minimum absolute atomic E-state index is 0. The van der Waals surface area contributed by atoms with Crippen LogP contribution >= 0.6 is 12.4 Å². The van der Waals surface area contributed by atoms with Crippen LogP contribution in [0.2, 0.25) is 0 Å². The zero-order valence-electron chi connectivity index (χ0n) is 12.7. The van der Waals surface area contributed by atoms with E-state index >= 15 is 0 Å². The molecule has 2 aliphatic rings. The molecule has 0 fully saturated rings. The fraction of sp³-hybridized carbons (Fsp3) is 0.222. The maximum absolute atomic E-state index is 4.45. The van der Waals surface area contributed by atoms with Crippen LogP contribution in [0.3, 0.4) is 0 Å². The number of rotatable bonds is 3. The monoisotopic (exact) mass is 326 g/mol. The third-order valence-corrected chi connectivity index (χ3v) is 4.00. The van der Waals surface area contributed by atoms with Crippen LogP contribution in [0.15, 0.2) is 58.5 Å². The van der Waals surface area contributed by atoms with Crippen molar-refractivity contribution in [1.29, 1.82) is 0 Å². The molecule has 0 bridgehead atoms. The number of aliphatic imine (C=N–C) groups is 2. The second kappa shape index (κ2) is 6.84. The molecule has 0 amide bonds. The van der Waals surface area contributed by atoms with Crippen LogP contribution in [0.25, 0.3) is 11.1 Å². The highest BCUT2D eigenvalue weighted by atomic mass is 35.5. The molecule has 0 aromatic heterocycles. The molecule has 23 heavy (non-hydrogen) atoms. The number of hydrogen-bond donors (Lipinski definition) is 2. The van der Waals surface area contributed by atoms with Gasteiger partial charge in [-0.1, -0.05) is 48.5 Å². The van der Waals surface area contributed by atoms with Crippen molar-refractivity contribution in [2.45, 2.75) is 0 Å². The van der Waals surface area contributed by atoms with Crippen LogP contribution in [0.1, 0.15) is 11.1 Å². The first-order valence-electron chi connectivity index (χ1n) is 7.68. The van der Waals surface area contributed by atoms with E-state index in [1.165, 1.54) is 11.1 Å². The smallest absolute Gasteiger partial charge is 0.128 e. The maximum Gasteiger partial charge on any atom is 0.128 e. The highest BCUT2D eigenvalue weighted by Gasteiger charge is 2.09. The van der Waals surface area contributed by atoms with Gasteiger partial charge in [-0.2, -0.15) is 0 Å². The summed E-state index contributed by atoms with van der Waals surface area (Å²) in [6.45, 7) is 3.62. The van der Waals surface area contributed by atoms with Crippen LogP contribution in [-0.2, 0) is 0 Å². The van der Waals surface area contributed by atoms with E-state index in [9.17, 15) is 0 Å². The molecule has 0 saturated heterocycles. The Bertz CT molecular complexity index is 667. The molecule has 0 spiro atoms. The first-order chi connectivity index (χ1) is 10.9. The zero-order chi connectivity index (χ0) is 14.8. The van der Waals surface area contributed by atoms with Gasteiger partial charge in [-0.15, -0.1) is 12.4 Å². The van der Waals surface area contributed by atoms with E-state index in [2.05, 4.69) is 69.1 Å². The molecule has 2 heterocycles. The first-order valence-corrected chi connectivity index (χ1v) is 7.68. The van der Waals surface area contributed by atoms with Gasteiger partial charge in [0.25, 0.3) is 0 Å². The highest BCUT2D eigenvalue weighted by Crippen LogP contribution is 2.21. The number of hydrogen-bond acceptors (Lipinski definition) is 4. The van der Waals surface area contributed by atoms with E-state index in [1.54, 1.807) is 0 Å². The van der Waals surface area contributed by atoms with Crippen molar-refractivity contribution in [3.05, 3.63) is 59.7 Å². The fourth-order valence-electron chi connectivity index (χ4n) is 2.82. The third-order valence-electron chi connectivity index (χ3n) is 4.00. The number of amidine groups is 2. The largest absolute Gasteiger partial charge is 0.368 e. The summed E-state index contributed by atoms with van der Waals surface area (Å²) in [7, 11) is 0. The molecule has 4 rings (SSSR count). The average Bonchev–Trinajstić information content (AvgIpc) is 3.29. The third kappa shape index (κ3) is 3.22. The standard InChI is InChI=1S/C18H18N4.ClH/c1-5-15(17-19-9-10-20-17)6-2-13(1)14-3-7-16(8-4-14)18-21-11-12-22-18;/h1-8H,9-12H2,(H,19,20)(H,21,22);1H. The van der Waals surface area contributed by atoms with Crippen molar-refractivity contribution in [2.75, 3.05) is 26.2 Å². The predicted octanol–water partition coefficient (Wildman–Crippen LogP) is 2.47. The predicted molar refractivity (Wildman–Crippen MR) is 97.9 cm³/mol. The zero-order valence-corrected chi connectivity index (χ0v) is 13.6. The van der Waals surface area contributed by atoms with Crippen LogP contribution in [0.4, 0.5) is 0 Å². The minimum Gasteiger partial charge on any atom is -0.368 e. The summed E-state index contributed by atoms with van der Waals surface area (Å²) in [5.41, 5.74) is 4.75. The lowest BCUT2D eigenvalue weighted by molar-refractivity contribution is 0.960. The van der Waals surface area contributed by atoms with Gasteiger partial charge < -0.3 is 10.6 Å². The van der Waals surface area contributed by atoms with E-state index in [0.717, 1.165) is 49.0 Å². The Morgan fingerprint density at radius 2 is 0.913 bits per heavy atom. The molecule has 0 saturated carbocycles. The summed E-state index contributed by atoms with van der Waals surface area (Å²) in [6.07, 6.45) is 0. The Hall–Kier alpha value is -2.33. The van der Waals surface area contributed by atoms with E-state index in [4.69, 9.17) is 0 Å². The van der Waals surface area contributed by atoms with E-state index in [1.807, 2.05) is 0 Å². The lowest BCUT2D eigenvalue weighted by Crippen LogP contribution is -2.19. The van der Waals surface area contributed by atoms with E-state index in [0.29, 0.717) is 0 Å². The lowest BCUT2D eigenvalue weighted by atomic mass is 10.0. The van der Waals surface area contributed by atoms with Gasteiger partial charge in [-0.05, 0) is 11.1 Å². The molecule has 118 valence electrons. The lowest BCUT2D eigenvalue weighted by Gasteiger charge is -2.07. The van der Waals surface area contributed by atoms with Crippen LogP contribution in [0, 0.1) is 0 Å². The van der Waals surface area contributed by atoms with Crippen molar-refractivity contribution in [2.24, 2.45) is 9.98 Å². The Kier molecular flexibility index (Phi) is 4.63. The van der Waals surface area contributed by atoms with Gasteiger partial charge >= 0.3 is 0 Å². The van der Waals surface area contributed by atoms with Crippen molar-refractivity contribution < 1.29 is 0 Å². The van der Waals surface area contributed by atoms with Gasteiger partial charge in [0.1, 0.15) is 11.7 Å². The van der Waals surface area contributed by atoms with Crippen LogP contribution < -0.4 is 10.6 Å². The second-order valence-corrected chi connectivity index (χ2v) is 5.47. The summed E-state index contributed by atoms with van der Waals surface area (Å²) in [4.78, 5) is 8.90. The Morgan fingerprint density at radius 1 is 0.565 bits per heavy atom. The summed E-state index contributed by atoms with van der Waals surface area (Å²) < 4.78 is 0. The Morgan fingerprint density at radius 3 is 1.22 bits per heavy atom. The van der Waals surface area contributed by atoms with Crippen molar-refractivity contribution >= 4 is 24.1 Å². The van der Waals surface area contributed by atoms with Crippen LogP contribution in [-0.4, -0.2) is 37.9 Å². The highest BCUT2D eigenvalue weighted by molar-refractivity contribution is 6.01. The number of halogens is 1. The molecule has 2 aromatic rings. The summed E-state index contributed by atoms with van der Waals surface area (Å²) in [5.74, 6) is 2.01. The summed E-state index contributed by atoms with van der Waals surface area (Å²) in [6, 6.07) is 17.1. The normalized spacial score (nSPS) is 16.0. The molecule has 4 nitrogen and oxygen atoms in total. The Balaban J connectivity index is 0.00000156.